The number of hydrogen-bond donors (Lipinski definition) is 2. The molecule has 0 atom stereocenters. The van der Waals surface area contributed by atoms with Crippen molar-refractivity contribution in [3.8, 4) is 23.0 Å². The first-order valence-electron chi connectivity index (χ1n) is 17.9. The summed E-state index contributed by atoms with van der Waals surface area (Å²) in [6.45, 7) is 10.7. The van der Waals surface area contributed by atoms with Gasteiger partial charge in [-0.15, -0.1) is 0 Å². The Labute approximate surface area is 284 Å². The second-order valence-electron chi connectivity index (χ2n) is 12.5. The Balaban J connectivity index is 2.04. The Kier molecular flexibility index (Phi) is 14.0. The third kappa shape index (κ3) is 9.03. The second-order valence-corrected chi connectivity index (χ2v) is 12.5. The van der Waals surface area contributed by atoms with Gasteiger partial charge in [0, 0.05) is 0 Å². The van der Waals surface area contributed by atoms with E-state index in [4.69, 9.17) is 18.9 Å². The van der Waals surface area contributed by atoms with Crippen LogP contribution in [0.25, 0.3) is 32.3 Å². The molecule has 4 aromatic carbocycles. The van der Waals surface area contributed by atoms with E-state index in [0.29, 0.717) is 60.2 Å². The summed E-state index contributed by atoms with van der Waals surface area (Å²) in [5.41, 5.74) is -0.541. The van der Waals surface area contributed by atoms with Crippen LogP contribution in [0.1, 0.15) is 125 Å². The minimum absolute atomic E-state index is 0.270. The lowest BCUT2D eigenvalue weighted by atomic mass is 9.90. The van der Waals surface area contributed by atoms with Crippen LogP contribution in [0.2, 0.25) is 0 Å². The lowest BCUT2D eigenvalue weighted by molar-refractivity contribution is 0.0652. The maximum Gasteiger partial charge on any atom is 0.336 e. The molecule has 260 valence electrons. The highest BCUT2D eigenvalue weighted by Crippen LogP contribution is 2.45. The molecular formula is C40H52O8. The van der Waals surface area contributed by atoms with E-state index >= 15 is 0 Å². The monoisotopic (exact) mass is 660 g/mol. The lowest BCUT2D eigenvalue weighted by Gasteiger charge is -2.20. The van der Waals surface area contributed by atoms with Crippen molar-refractivity contribution in [1.82, 2.24) is 0 Å². The van der Waals surface area contributed by atoms with E-state index in [0.717, 1.165) is 98.6 Å². The number of ether oxygens (including phenoxy) is 4. The van der Waals surface area contributed by atoms with Crippen LogP contribution in [0.3, 0.4) is 0 Å². The van der Waals surface area contributed by atoms with Crippen molar-refractivity contribution in [3.63, 3.8) is 0 Å². The molecule has 0 heterocycles. The molecule has 8 heteroatoms. The van der Waals surface area contributed by atoms with Crippen LogP contribution in [0.15, 0.2) is 36.4 Å². The topological polar surface area (TPSA) is 112 Å². The van der Waals surface area contributed by atoms with E-state index in [2.05, 4.69) is 27.7 Å². The predicted molar refractivity (Wildman–Crippen MR) is 193 cm³/mol. The van der Waals surface area contributed by atoms with Crippen LogP contribution in [0, 0.1) is 0 Å². The first-order chi connectivity index (χ1) is 23.3. The molecule has 0 saturated heterocycles. The molecule has 4 aromatic rings. The van der Waals surface area contributed by atoms with Gasteiger partial charge in [0.15, 0.2) is 23.0 Å². The van der Waals surface area contributed by atoms with E-state index in [9.17, 15) is 19.8 Å². The maximum atomic E-state index is 12.3. The minimum atomic E-state index is -1.30. The smallest absolute Gasteiger partial charge is 0.336 e. The Morgan fingerprint density at radius 2 is 0.646 bits per heavy atom. The number of benzene rings is 4. The normalized spacial score (nSPS) is 11.3. The van der Waals surface area contributed by atoms with E-state index in [-0.39, 0.29) is 11.1 Å². The van der Waals surface area contributed by atoms with Gasteiger partial charge in [0.25, 0.3) is 0 Å². The molecule has 0 spiro atoms. The van der Waals surface area contributed by atoms with Crippen molar-refractivity contribution in [2.24, 2.45) is 0 Å². The molecule has 0 aliphatic rings. The summed E-state index contributed by atoms with van der Waals surface area (Å²) in [5.74, 6) is -0.178. The molecule has 0 aliphatic carbocycles. The van der Waals surface area contributed by atoms with Crippen molar-refractivity contribution in [1.29, 1.82) is 0 Å². The summed E-state index contributed by atoms with van der Waals surface area (Å²) in [5, 5.41) is 24.5. The van der Waals surface area contributed by atoms with Crippen molar-refractivity contribution in [2.75, 3.05) is 26.4 Å². The first-order valence-corrected chi connectivity index (χ1v) is 17.9. The summed E-state index contributed by atoms with van der Waals surface area (Å²) in [4.78, 5) is 24.7. The first kappa shape index (κ1) is 36.6. The number of hydrogen-bond acceptors (Lipinski definition) is 6. The van der Waals surface area contributed by atoms with Gasteiger partial charge in [-0.25, -0.2) is 9.59 Å². The third-order valence-electron chi connectivity index (χ3n) is 8.68. The largest absolute Gasteiger partial charge is 0.490 e. The minimum Gasteiger partial charge on any atom is -0.490 e. The Bertz CT molecular complexity index is 1570. The molecule has 48 heavy (non-hydrogen) atoms. The zero-order valence-corrected chi connectivity index (χ0v) is 29.1. The molecule has 8 nitrogen and oxygen atoms in total. The van der Waals surface area contributed by atoms with Crippen LogP contribution in [0.4, 0.5) is 0 Å². The fourth-order valence-corrected chi connectivity index (χ4v) is 6.00. The highest BCUT2D eigenvalue weighted by molar-refractivity contribution is 6.28. The predicted octanol–water partition coefficient (Wildman–Crippen LogP) is 10.8. The fourth-order valence-electron chi connectivity index (χ4n) is 6.00. The highest BCUT2D eigenvalue weighted by Gasteiger charge is 2.23. The molecule has 4 rings (SSSR count). The zero-order valence-electron chi connectivity index (χ0n) is 29.1. The van der Waals surface area contributed by atoms with E-state index in [1.54, 1.807) is 0 Å². The molecule has 0 fully saturated rings. The molecule has 0 aliphatic heterocycles. The van der Waals surface area contributed by atoms with Crippen molar-refractivity contribution in [2.45, 2.75) is 105 Å². The number of carbonyl (C=O) groups is 2. The molecule has 0 aromatic heterocycles. The maximum absolute atomic E-state index is 12.3. The van der Waals surface area contributed by atoms with Gasteiger partial charge in [0.05, 0.1) is 37.6 Å². The quantitative estimate of drug-likeness (QED) is 0.0633. The van der Waals surface area contributed by atoms with Crippen LogP contribution in [0.5, 0.6) is 23.0 Å². The number of carboxylic acid groups (broad SMARTS) is 2. The number of aromatic carboxylic acids is 2. The molecule has 0 saturated carbocycles. The standard InChI is InChI=1S/C40H52O8/c1-5-9-13-17-45-35-23-29-27-21-33(39(41)42)34(40(43)44)22-28(27)30-24-36(46-18-14-10-6-2)38(48-20-16-12-8-4)26-32(30)31(29)25-37(35)47-19-15-11-7-3/h21-26H,5-20H2,1-4H3,(H,41,42)(H,43,44). The average Bonchev–Trinajstić information content (AvgIpc) is 3.08. The SMILES string of the molecule is CCCCCOc1cc2c3cc(OCCCCC)c(OCCCCC)cc3c3cc(C(=O)O)c(C(=O)O)cc3c2cc1OCCCCC. The van der Waals surface area contributed by atoms with E-state index in [1.807, 2.05) is 24.3 Å². The lowest BCUT2D eigenvalue weighted by Crippen LogP contribution is -2.08. The molecule has 2 N–H and O–H groups in total. The number of unbranched alkanes of at least 4 members (excludes halogenated alkanes) is 8. The second kappa shape index (κ2) is 18.4. The van der Waals surface area contributed by atoms with Crippen molar-refractivity contribution >= 4 is 44.3 Å². The Morgan fingerprint density at radius 3 is 0.854 bits per heavy atom. The summed E-state index contributed by atoms with van der Waals surface area (Å²) >= 11 is 0. The van der Waals surface area contributed by atoms with Crippen LogP contribution in [-0.4, -0.2) is 48.6 Å². The van der Waals surface area contributed by atoms with Crippen LogP contribution in [-0.2, 0) is 0 Å². The molecule has 0 radical (unpaired) electrons. The van der Waals surface area contributed by atoms with Crippen molar-refractivity contribution in [3.05, 3.63) is 47.5 Å². The fraction of sp³-hybridized carbons (Fsp3) is 0.500. The number of rotatable bonds is 22. The molecule has 0 amide bonds. The third-order valence-corrected chi connectivity index (χ3v) is 8.68. The van der Waals surface area contributed by atoms with Gasteiger partial charge in [0.1, 0.15) is 0 Å². The molecule has 0 unspecified atom stereocenters. The van der Waals surface area contributed by atoms with Crippen LogP contribution >= 0.6 is 0 Å². The highest BCUT2D eigenvalue weighted by atomic mass is 16.5. The van der Waals surface area contributed by atoms with Gasteiger partial charge in [-0.3, -0.25) is 0 Å². The summed E-state index contributed by atoms with van der Waals surface area (Å²) in [6, 6.07) is 10.7. The summed E-state index contributed by atoms with van der Waals surface area (Å²) in [7, 11) is 0. The molecular weight excluding hydrogens is 608 g/mol. The van der Waals surface area contributed by atoms with Crippen molar-refractivity contribution < 1.29 is 38.7 Å². The average molecular weight is 661 g/mol. The van der Waals surface area contributed by atoms with Gasteiger partial charge in [-0.05, 0) is 94.4 Å². The van der Waals surface area contributed by atoms with Gasteiger partial charge in [0.2, 0.25) is 0 Å². The van der Waals surface area contributed by atoms with E-state index in [1.165, 1.54) is 12.1 Å². The Morgan fingerprint density at radius 1 is 0.417 bits per heavy atom. The Hall–Kier alpha value is -4.20. The van der Waals surface area contributed by atoms with Gasteiger partial charge in [-0.2, -0.15) is 0 Å². The van der Waals surface area contributed by atoms with E-state index < -0.39 is 11.9 Å². The van der Waals surface area contributed by atoms with Gasteiger partial charge >= 0.3 is 11.9 Å². The van der Waals surface area contributed by atoms with Crippen LogP contribution < -0.4 is 18.9 Å². The summed E-state index contributed by atoms with van der Waals surface area (Å²) < 4.78 is 25.3. The summed E-state index contributed by atoms with van der Waals surface area (Å²) in [6.07, 6.45) is 12.1. The number of carboxylic acids is 2. The number of fused-ring (bicyclic) bond motifs is 6. The zero-order chi connectivity index (χ0) is 34.5. The van der Waals surface area contributed by atoms with Gasteiger partial charge in [-0.1, -0.05) is 79.1 Å². The van der Waals surface area contributed by atoms with Gasteiger partial charge < -0.3 is 29.2 Å². The molecule has 0 bridgehead atoms.